The Kier molecular flexibility index (Phi) is 51.2. The molecule has 10 nitrogen and oxygen atoms in total. The first-order chi connectivity index (χ1) is 66.2. The minimum Gasteiger partial charge on any atom is -0.512 e. The van der Waals surface area contributed by atoms with Crippen LogP contribution in [-0.4, -0.2) is 51.7 Å². The first kappa shape index (κ1) is 111. The second-order valence-electron chi connectivity index (χ2n) is 30.0. The van der Waals surface area contributed by atoms with Gasteiger partial charge in [-0.3, -0.25) is 29.5 Å². The maximum absolute atomic E-state index is 11.8. The number of hydrogen-bond acceptors (Lipinski definition) is 10. The SMILES string of the molecule is CC(=O)C=C(C)O.CC(=[C-]c1cccc(C)c1)c1ccccn1.CC(=[C-]c1ccccc1)c1ccccn1.O=C(C=C(O)c1ccccc1)c1ccccc1.[C-](=C(c1ccccc1)c1ccccn1)c1ccccc1.[C-](=C(c1ccccc1)c1ccccn1)c1ccccc1.[C-](=C(c1ccccc1)c1ccccn1)c1ccccc1.[C-](=C(c1ccccc1)c1ccccn1)c1ccccc1.[Ir+3].[Ir].[Ir].[Ir]. The first-order valence-corrected chi connectivity index (χ1v) is 44.0. The van der Waals surface area contributed by atoms with Crippen molar-refractivity contribution in [2.24, 2.45) is 0 Å². The zero-order valence-corrected chi connectivity index (χ0v) is 86.9. The van der Waals surface area contributed by atoms with Gasteiger partial charge in [-0.1, -0.05) is 404 Å². The van der Waals surface area contributed by atoms with E-state index in [9.17, 15) is 14.7 Å². The molecule has 0 unspecified atom stereocenters. The zero-order chi connectivity index (χ0) is 94.3. The minimum absolute atomic E-state index is 0. The number of nitrogens with zero attached hydrogens (tertiary/aromatic N) is 6. The molecule has 0 spiro atoms. The molecule has 0 amide bonds. The Morgan fingerprint density at radius 1 is 0.230 bits per heavy atom. The molecule has 0 bridgehead atoms. The second-order valence-corrected chi connectivity index (χ2v) is 30.0. The number of aliphatic hydroxyl groups is 2. The van der Waals surface area contributed by atoms with Crippen molar-refractivity contribution >= 4 is 50.8 Å². The van der Waals surface area contributed by atoms with Crippen LogP contribution in [-0.2, 0) is 85.2 Å². The molecule has 0 aliphatic rings. The van der Waals surface area contributed by atoms with Crippen LogP contribution >= 0.6 is 0 Å². The largest absolute Gasteiger partial charge is 3.00 e. The molecule has 0 saturated carbocycles. The van der Waals surface area contributed by atoms with Crippen molar-refractivity contribution in [1.29, 1.82) is 0 Å². The fourth-order valence-corrected chi connectivity index (χ4v) is 13.0. The predicted octanol–water partition coefficient (Wildman–Crippen LogP) is 28.9. The summed E-state index contributed by atoms with van der Waals surface area (Å²) < 4.78 is 0. The number of ketones is 2. The van der Waals surface area contributed by atoms with Gasteiger partial charge in [0, 0.05) is 144 Å². The van der Waals surface area contributed by atoms with Gasteiger partial charge in [-0.2, -0.15) is 0 Å². The smallest absolute Gasteiger partial charge is 0.512 e. The van der Waals surface area contributed by atoms with E-state index in [1.807, 2.05) is 403 Å². The summed E-state index contributed by atoms with van der Waals surface area (Å²) in [7, 11) is 0. The third-order valence-corrected chi connectivity index (χ3v) is 19.5. The minimum atomic E-state index is -0.202. The van der Waals surface area contributed by atoms with Gasteiger partial charge in [0.05, 0.1) is 5.76 Å². The van der Waals surface area contributed by atoms with Crippen molar-refractivity contribution in [3.05, 3.63) is 665 Å². The van der Waals surface area contributed by atoms with Gasteiger partial charge in [-0.15, -0.1) is 172 Å². The molecule has 18 rings (SSSR count). The molecule has 14 heteroatoms. The standard InChI is InChI=1S/4C19H14N.C15H14N.C15H12O2.C14H12N.C5H8O2.4Ir/c4*1-3-9-16(10-4-1)15-18(17-11-5-2-6-12-17)19-13-7-8-14-20-19;1-12-6-5-7-14(10-12)11-13(2)15-8-3-4-9-16-15;16-14(12-7-3-1-4-8-12)11-15(17)13-9-5-2-6-10-13;1-12(14-9-5-6-10-15-14)11-13-7-3-2-4-8-13;1-4(6)3-5(2)7;;;;/h4*1-14H;3-10H,1-2H3;1-11,16H;2-10H,1H3;3,6H,1-2H3;;;;/q5*-1;;-1;;;;;+3. The van der Waals surface area contributed by atoms with Crippen molar-refractivity contribution < 1.29 is 100 Å². The number of aromatic nitrogens is 6. The van der Waals surface area contributed by atoms with Crippen LogP contribution in [0.25, 0.3) is 39.2 Å². The second kappa shape index (κ2) is 64.1. The molecule has 3 radical (unpaired) electrons. The summed E-state index contributed by atoms with van der Waals surface area (Å²) in [6.45, 7) is 8.99. The van der Waals surface area contributed by atoms with E-state index in [-0.39, 0.29) is 104 Å². The number of allylic oxidation sites excluding steroid dienone is 5. The van der Waals surface area contributed by atoms with Crippen LogP contribution in [0.15, 0.2) is 522 Å². The maximum atomic E-state index is 11.8. The normalized spacial score (nSPS) is 11.0. The van der Waals surface area contributed by atoms with Gasteiger partial charge >= 0.3 is 20.1 Å². The maximum Gasteiger partial charge on any atom is 3.00 e. The third-order valence-electron chi connectivity index (χ3n) is 19.5. The summed E-state index contributed by atoms with van der Waals surface area (Å²) in [6.07, 6.45) is 33.8. The number of rotatable bonds is 20. The van der Waals surface area contributed by atoms with Crippen molar-refractivity contribution in [2.45, 2.75) is 34.6 Å². The Morgan fingerprint density at radius 3 is 0.662 bits per heavy atom. The number of pyridine rings is 6. The van der Waals surface area contributed by atoms with Crippen molar-refractivity contribution in [3.8, 4) is 0 Å². The van der Waals surface area contributed by atoms with Crippen LogP contribution in [0.2, 0.25) is 0 Å². The van der Waals surface area contributed by atoms with E-state index in [2.05, 4.69) is 140 Å². The number of carbonyl (C=O) groups is 2. The fraction of sp³-hybridized carbons (Fsp3) is 0.0400. The number of hydrogen-bond donors (Lipinski definition) is 2. The molecule has 6 heterocycles. The topological polar surface area (TPSA) is 152 Å². The van der Waals surface area contributed by atoms with Gasteiger partial charge in [0.15, 0.2) is 11.6 Å². The predicted molar refractivity (Wildman–Crippen MR) is 552 cm³/mol. The molecule has 18 aromatic rings. The summed E-state index contributed by atoms with van der Waals surface area (Å²) in [5, 5.41) is 18.2. The van der Waals surface area contributed by atoms with E-state index < -0.39 is 0 Å². The van der Waals surface area contributed by atoms with Crippen molar-refractivity contribution in [1.82, 2.24) is 29.9 Å². The summed E-state index contributed by atoms with van der Waals surface area (Å²) in [5.41, 5.74) is 25.2. The molecule has 139 heavy (non-hydrogen) atoms. The molecule has 0 aliphatic carbocycles. The average molecular weight is 2520 g/mol. The van der Waals surface area contributed by atoms with Gasteiger partial charge in [-0.05, 0) is 68.6 Å². The molecular weight excluding hydrogens is 2420 g/mol. The van der Waals surface area contributed by atoms with Gasteiger partial charge in [0.1, 0.15) is 5.76 Å². The van der Waals surface area contributed by atoms with E-state index >= 15 is 0 Å². The Hall–Kier alpha value is -15.0. The first-order valence-electron chi connectivity index (χ1n) is 44.0. The molecule has 0 saturated heterocycles. The zero-order valence-electron chi connectivity index (χ0n) is 77.3. The Morgan fingerprint density at radius 2 is 0.439 bits per heavy atom. The molecule has 0 fully saturated rings. The van der Waals surface area contributed by atoms with E-state index in [1.54, 1.807) is 48.8 Å². The summed E-state index contributed by atoms with van der Waals surface area (Å²) in [6, 6.07) is 153. The van der Waals surface area contributed by atoms with Crippen molar-refractivity contribution in [3.63, 3.8) is 0 Å². The summed E-state index contributed by atoms with van der Waals surface area (Å²) in [5.74, 6) is -0.279. The molecule has 12 aromatic carbocycles. The summed E-state index contributed by atoms with van der Waals surface area (Å²) in [4.78, 5) is 48.2. The van der Waals surface area contributed by atoms with E-state index in [1.165, 1.54) is 31.6 Å². The van der Waals surface area contributed by atoms with Crippen LogP contribution in [0.5, 0.6) is 0 Å². The monoisotopic (exact) mass is 2520 g/mol. The molecule has 2 N–H and O–H groups in total. The van der Waals surface area contributed by atoms with Crippen LogP contribution in [0.1, 0.15) is 139 Å². The Labute approximate surface area is 872 Å². The number of aliphatic hydroxyl groups excluding tert-OH is 2. The summed E-state index contributed by atoms with van der Waals surface area (Å²) >= 11 is 0. The van der Waals surface area contributed by atoms with E-state index in [0.29, 0.717) is 11.1 Å². The number of carbonyl (C=O) groups excluding carboxylic acids is 2. The van der Waals surface area contributed by atoms with Crippen LogP contribution < -0.4 is 0 Å². The molecule has 0 aliphatic heterocycles. The Balaban J connectivity index is 0.000000217. The van der Waals surface area contributed by atoms with Crippen LogP contribution in [0.4, 0.5) is 0 Å². The van der Waals surface area contributed by atoms with Crippen LogP contribution in [0.3, 0.4) is 0 Å². The number of benzene rings is 12. The van der Waals surface area contributed by atoms with Gasteiger partial charge < -0.3 is 20.2 Å². The van der Waals surface area contributed by atoms with Crippen molar-refractivity contribution in [2.75, 3.05) is 0 Å². The quantitative estimate of drug-likeness (QED) is 0.0248. The average Bonchev–Trinajstić information content (AvgIpc) is 0.845. The Bertz CT molecular complexity index is 6090. The van der Waals surface area contributed by atoms with E-state index in [0.717, 1.165) is 123 Å². The fourth-order valence-electron chi connectivity index (χ4n) is 13.0. The van der Waals surface area contributed by atoms with Gasteiger partial charge in [0.25, 0.3) is 0 Å². The molecule has 0 atom stereocenters. The van der Waals surface area contributed by atoms with Gasteiger partial charge in [-0.25, -0.2) is 0 Å². The molecule has 6 aromatic heterocycles. The molecular formula is C125H102Ir4N6O4-3. The van der Waals surface area contributed by atoms with Crippen LogP contribution in [0, 0.1) is 43.4 Å². The van der Waals surface area contributed by atoms with Gasteiger partial charge in [0.2, 0.25) is 0 Å². The third kappa shape index (κ3) is 40.4. The van der Waals surface area contributed by atoms with E-state index in [4.69, 9.17) is 5.11 Å². The number of aryl methyl sites for hydroxylation is 1. The molecule has 695 valence electrons.